The van der Waals surface area contributed by atoms with Crippen LogP contribution in [0.2, 0.25) is 5.02 Å². The van der Waals surface area contributed by atoms with Crippen molar-refractivity contribution in [1.82, 2.24) is 4.90 Å². The summed E-state index contributed by atoms with van der Waals surface area (Å²) in [6.07, 6.45) is 2.43. The smallest absolute Gasteiger partial charge is 0.271 e. The molecule has 0 spiro atoms. The van der Waals surface area contributed by atoms with Gasteiger partial charge in [0.25, 0.3) is 5.69 Å². The third-order valence-electron chi connectivity index (χ3n) is 3.47. The zero-order valence-corrected chi connectivity index (χ0v) is 11.7. The fourth-order valence-electron chi connectivity index (χ4n) is 2.46. The summed E-state index contributed by atoms with van der Waals surface area (Å²) in [5.74, 6) is 0.602. The van der Waals surface area contributed by atoms with Crippen LogP contribution in [0.25, 0.3) is 0 Å². The van der Waals surface area contributed by atoms with Crippen molar-refractivity contribution in [2.75, 3.05) is 32.0 Å². The van der Waals surface area contributed by atoms with Gasteiger partial charge in [-0.2, -0.15) is 0 Å². The zero-order chi connectivity index (χ0) is 13.8. The lowest BCUT2D eigenvalue weighted by molar-refractivity contribution is -0.384. The normalized spacial score (nSPS) is 20.2. The number of nitro groups is 1. The molecule has 0 radical (unpaired) electrons. The van der Waals surface area contributed by atoms with Gasteiger partial charge >= 0.3 is 0 Å². The number of halogens is 1. The number of likely N-dealkylation sites (tertiary alicyclic amines) is 1. The Kier molecular flexibility index (Phi) is 4.61. The Morgan fingerprint density at radius 3 is 3.00 bits per heavy atom. The average molecular weight is 284 g/mol. The SMILES string of the molecule is CN1CCCC(CNc2ccc([N+](=O)[O-])cc2Cl)C1. The van der Waals surface area contributed by atoms with Crippen LogP contribution in [0.5, 0.6) is 0 Å². The highest BCUT2D eigenvalue weighted by molar-refractivity contribution is 6.33. The maximum Gasteiger partial charge on any atom is 0.271 e. The van der Waals surface area contributed by atoms with Gasteiger partial charge in [-0.1, -0.05) is 11.6 Å². The second kappa shape index (κ2) is 6.21. The van der Waals surface area contributed by atoms with Crippen LogP contribution in [-0.2, 0) is 0 Å². The third kappa shape index (κ3) is 3.81. The van der Waals surface area contributed by atoms with Gasteiger partial charge in [0, 0.05) is 25.2 Å². The molecule has 104 valence electrons. The molecule has 5 nitrogen and oxygen atoms in total. The number of rotatable bonds is 4. The van der Waals surface area contributed by atoms with Crippen LogP contribution in [0.3, 0.4) is 0 Å². The molecule has 0 aliphatic carbocycles. The molecule has 1 heterocycles. The van der Waals surface area contributed by atoms with Crippen molar-refractivity contribution in [2.24, 2.45) is 5.92 Å². The van der Waals surface area contributed by atoms with E-state index in [1.54, 1.807) is 6.07 Å². The van der Waals surface area contributed by atoms with E-state index in [0.29, 0.717) is 10.9 Å². The standard InChI is InChI=1S/C13H18ClN3O2/c1-16-6-2-3-10(9-16)8-15-13-5-4-11(17(18)19)7-12(13)14/h4-5,7,10,15H,2-3,6,8-9H2,1H3. The maximum atomic E-state index is 10.6. The van der Waals surface area contributed by atoms with Gasteiger partial charge in [-0.15, -0.1) is 0 Å². The molecular formula is C13H18ClN3O2. The molecule has 1 unspecified atom stereocenters. The Labute approximate surface area is 117 Å². The Balaban J connectivity index is 1.94. The molecule has 0 aromatic heterocycles. The van der Waals surface area contributed by atoms with Crippen molar-refractivity contribution < 1.29 is 4.92 Å². The minimum absolute atomic E-state index is 0.0212. The summed E-state index contributed by atoms with van der Waals surface area (Å²) in [5, 5.41) is 14.3. The second-order valence-corrected chi connectivity index (χ2v) is 5.48. The number of anilines is 1. The molecule has 1 aromatic carbocycles. The van der Waals surface area contributed by atoms with E-state index in [-0.39, 0.29) is 5.69 Å². The van der Waals surface area contributed by atoms with E-state index in [0.717, 1.165) is 25.3 Å². The van der Waals surface area contributed by atoms with Crippen LogP contribution < -0.4 is 5.32 Å². The minimum Gasteiger partial charge on any atom is -0.384 e. The summed E-state index contributed by atoms with van der Waals surface area (Å²) in [5.41, 5.74) is 0.786. The van der Waals surface area contributed by atoms with Crippen molar-refractivity contribution >= 4 is 23.0 Å². The minimum atomic E-state index is -0.439. The highest BCUT2D eigenvalue weighted by atomic mass is 35.5. The number of piperidine rings is 1. The first-order valence-electron chi connectivity index (χ1n) is 6.42. The van der Waals surface area contributed by atoms with Crippen molar-refractivity contribution in [3.8, 4) is 0 Å². The highest BCUT2D eigenvalue weighted by Crippen LogP contribution is 2.27. The van der Waals surface area contributed by atoms with Gasteiger partial charge in [-0.05, 0) is 38.4 Å². The number of nitrogens with one attached hydrogen (secondary N) is 1. The molecule has 6 heteroatoms. The topological polar surface area (TPSA) is 58.4 Å². The summed E-state index contributed by atoms with van der Waals surface area (Å²) >= 11 is 6.04. The van der Waals surface area contributed by atoms with Crippen molar-refractivity contribution in [3.63, 3.8) is 0 Å². The van der Waals surface area contributed by atoms with Crippen molar-refractivity contribution in [3.05, 3.63) is 33.3 Å². The average Bonchev–Trinajstić information content (AvgIpc) is 2.37. The molecule has 0 amide bonds. The third-order valence-corrected chi connectivity index (χ3v) is 3.78. The van der Waals surface area contributed by atoms with E-state index in [9.17, 15) is 10.1 Å². The van der Waals surface area contributed by atoms with Gasteiger partial charge in [0.15, 0.2) is 0 Å². The van der Waals surface area contributed by atoms with Crippen LogP contribution in [0.1, 0.15) is 12.8 Å². The summed E-state index contributed by atoms with van der Waals surface area (Å²) in [4.78, 5) is 12.5. The molecule has 2 rings (SSSR count). The number of non-ortho nitro benzene ring substituents is 1. The van der Waals surface area contributed by atoms with Crippen LogP contribution in [0.4, 0.5) is 11.4 Å². The largest absolute Gasteiger partial charge is 0.384 e. The molecule has 1 saturated heterocycles. The second-order valence-electron chi connectivity index (χ2n) is 5.07. The first-order chi connectivity index (χ1) is 9.06. The molecule has 1 N–H and O–H groups in total. The Morgan fingerprint density at radius 2 is 2.37 bits per heavy atom. The fourth-order valence-corrected chi connectivity index (χ4v) is 2.70. The molecule has 19 heavy (non-hydrogen) atoms. The first-order valence-corrected chi connectivity index (χ1v) is 6.80. The first kappa shape index (κ1) is 14.1. The molecule has 1 aliphatic heterocycles. The van der Waals surface area contributed by atoms with Crippen molar-refractivity contribution in [2.45, 2.75) is 12.8 Å². The van der Waals surface area contributed by atoms with Crippen LogP contribution >= 0.6 is 11.6 Å². The van der Waals surface area contributed by atoms with Gasteiger partial charge in [0.1, 0.15) is 0 Å². The highest BCUT2D eigenvalue weighted by Gasteiger charge is 2.17. The molecule has 1 aromatic rings. The van der Waals surface area contributed by atoms with Crippen LogP contribution in [0, 0.1) is 16.0 Å². The van der Waals surface area contributed by atoms with E-state index >= 15 is 0 Å². The molecule has 1 aliphatic rings. The number of benzene rings is 1. The Morgan fingerprint density at radius 1 is 1.58 bits per heavy atom. The van der Waals surface area contributed by atoms with E-state index < -0.39 is 4.92 Å². The quantitative estimate of drug-likeness (QED) is 0.682. The van der Waals surface area contributed by atoms with E-state index in [1.165, 1.54) is 25.0 Å². The predicted molar refractivity (Wildman–Crippen MR) is 76.8 cm³/mol. The lowest BCUT2D eigenvalue weighted by atomic mass is 9.98. The Bertz CT molecular complexity index is 467. The van der Waals surface area contributed by atoms with E-state index in [1.807, 2.05) is 0 Å². The monoisotopic (exact) mass is 283 g/mol. The lowest BCUT2D eigenvalue weighted by Crippen LogP contribution is -2.35. The number of nitro benzene ring substituents is 1. The lowest BCUT2D eigenvalue weighted by Gasteiger charge is -2.30. The molecule has 0 saturated carbocycles. The van der Waals surface area contributed by atoms with Gasteiger partial charge in [0.05, 0.1) is 15.6 Å². The van der Waals surface area contributed by atoms with E-state index in [4.69, 9.17) is 11.6 Å². The predicted octanol–water partition coefficient (Wildman–Crippen LogP) is 3.00. The van der Waals surface area contributed by atoms with Crippen molar-refractivity contribution in [1.29, 1.82) is 0 Å². The number of hydrogen-bond donors (Lipinski definition) is 1. The Hall–Kier alpha value is -1.33. The summed E-state index contributed by atoms with van der Waals surface area (Å²) in [7, 11) is 2.13. The van der Waals surface area contributed by atoms with Crippen LogP contribution in [0.15, 0.2) is 18.2 Å². The van der Waals surface area contributed by atoms with Gasteiger partial charge < -0.3 is 10.2 Å². The molecule has 1 fully saturated rings. The summed E-state index contributed by atoms with van der Waals surface area (Å²) in [6.45, 7) is 3.09. The fraction of sp³-hybridized carbons (Fsp3) is 0.538. The molecular weight excluding hydrogens is 266 g/mol. The maximum absolute atomic E-state index is 10.6. The van der Waals surface area contributed by atoms with Gasteiger partial charge in [0.2, 0.25) is 0 Å². The molecule has 1 atom stereocenters. The summed E-state index contributed by atoms with van der Waals surface area (Å²) < 4.78 is 0. The van der Waals surface area contributed by atoms with Gasteiger partial charge in [-0.3, -0.25) is 10.1 Å². The zero-order valence-electron chi connectivity index (χ0n) is 10.9. The van der Waals surface area contributed by atoms with Gasteiger partial charge in [-0.25, -0.2) is 0 Å². The molecule has 0 bridgehead atoms. The number of nitrogens with zero attached hydrogens (tertiary/aromatic N) is 2. The summed E-state index contributed by atoms with van der Waals surface area (Å²) in [6, 6.07) is 4.53. The number of hydrogen-bond acceptors (Lipinski definition) is 4. The van der Waals surface area contributed by atoms with Crippen LogP contribution in [-0.4, -0.2) is 36.5 Å². The van der Waals surface area contributed by atoms with E-state index in [2.05, 4.69) is 17.3 Å².